The molecule has 1 heterocycles. The minimum absolute atomic E-state index is 0.144. The third kappa shape index (κ3) is 3.61. The maximum absolute atomic E-state index is 11.7. The molecule has 0 saturated heterocycles. The van der Waals surface area contributed by atoms with Crippen molar-refractivity contribution in [1.82, 2.24) is 4.57 Å². The Morgan fingerprint density at radius 3 is 2.10 bits per heavy atom. The van der Waals surface area contributed by atoms with Gasteiger partial charge in [-0.15, -0.1) is 0 Å². The number of hydrogen-bond acceptors (Lipinski definition) is 2. The second-order valence-electron chi connectivity index (χ2n) is 8.09. The van der Waals surface area contributed by atoms with Crippen molar-refractivity contribution in [2.75, 3.05) is 6.54 Å². The lowest BCUT2D eigenvalue weighted by atomic mass is 9.86. The van der Waals surface area contributed by atoms with Gasteiger partial charge >= 0.3 is 0 Å². The molecular weight excluding hydrogens is 372 g/mol. The molecule has 3 aromatic carbocycles. The van der Waals surface area contributed by atoms with E-state index in [0.717, 1.165) is 33.3 Å². The number of hydrogen-bond donors (Lipinski definition) is 0. The van der Waals surface area contributed by atoms with Crippen molar-refractivity contribution < 1.29 is 4.92 Å². The van der Waals surface area contributed by atoms with Crippen LogP contribution in [0.2, 0.25) is 0 Å². The molecule has 1 aromatic heterocycles. The molecule has 0 unspecified atom stereocenters. The smallest absolute Gasteiger partial charge is 0.214 e. The molecule has 0 amide bonds. The van der Waals surface area contributed by atoms with Crippen molar-refractivity contribution in [2.45, 2.75) is 25.7 Å². The number of aryl methyl sites for hydroxylation is 1. The zero-order valence-electron chi connectivity index (χ0n) is 17.6. The van der Waals surface area contributed by atoms with Crippen LogP contribution < -0.4 is 0 Å². The molecule has 30 heavy (non-hydrogen) atoms. The summed E-state index contributed by atoms with van der Waals surface area (Å²) >= 11 is 0. The largest absolute Gasteiger partial charge is 0.343 e. The van der Waals surface area contributed by atoms with Gasteiger partial charge in [-0.3, -0.25) is 10.1 Å². The van der Waals surface area contributed by atoms with Crippen LogP contribution in [0.25, 0.3) is 22.2 Å². The van der Waals surface area contributed by atoms with Gasteiger partial charge in [0.05, 0.1) is 11.6 Å². The van der Waals surface area contributed by atoms with E-state index < -0.39 is 0 Å². The van der Waals surface area contributed by atoms with Crippen LogP contribution in [0.15, 0.2) is 78.9 Å². The van der Waals surface area contributed by atoms with Crippen LogP contribution in [-0.2, 0) is 7.05 Å². The second kappa shape index (κ2) is 8.15. The quantitative estimate of drug-likeness (QED) is 0.279. The van der Waals surface area contributed by atoms with Gasteiger partial charge in [-0.1, -0.05) is 86.6 Å². The fourth-order valence-electron chi connectivity index (χ4n) is 4.35. The number of para-hydroxylation sites is 1. The van der Waals surface area contributed by atoms with Gasteiger partial charge in [0.1, 0.15) is 0 Å². The Hall–Kier alpha value is -3.40. The van der Waals surface area contributed by atoms with Crippen LogP contribution in [0.4, 0.5) is 0 Å². The normalized spacial score (nSPS) is 12.4. The molecule has 0 radical (unpaired) electrons. The first-order valence-corrected chi connectivity index (χ1v) is 10.3. The van der Waals surface area contributed by atoms with E-state index in [4.69, 9.17) is 0 Å². The lowest BCUT2D eigenvalue weighted by Gasteiger charge is -2.18. The number of fused-ring (bicyclic) bond motifs is 1. The van der Waals surface area contributed by atoms with Gasteiger partial charge in [0.2, 0.25) is 6.54 Å². The Balaban J connectivity index is 1.99. The van der Waals surface area contributed by atoms with E-state index in [-0.39, 0.29) is 17.4 Å². The van der Waals surface area contributed by atoms with Gasteiger partial charge in [0.15, 0.2) is 0 Å². The first-order valence-electron chi connectivity index (χ1n) is 10.3. The Morgan fingerprint density at radius 1 is 0.867 bits per heavy atom. The van der Waals surface area contributed by atoms with Crippen LogP contribution in [0, 0.1) is 10.1 Å². The van der Waals surface area contributed by atoms with Crippen molar-refractivity contribution in [3.63, 3.8) is 0 Å². The SMILES string of the molecule is CC(C)c1ccc([C@H](C[N+](=O)[O-])c2c(-c3ccccc3)n(C)c3ccccc23)cc1. The standard InChI is InChI=1S/C26H26N2O2/c1-18(2)19-13-15-20(16-14-19)23(17-28(29)30)25-22-11-7-8-12-24(22)27(3)26(25)21-9-5-4-6-10-21/h4-16,18,23H,17H2,1-3H3/t23-/m0/s1. The van der Waals surface area contributed by atoms with E-state index in [9.17, 15) is 10.1 Å². The average Bonchev–Trinajstić information content (AvgIpc) is 3.05. The van der Waals surface area contributed by atoms with Gasteiger partial charge < -0.3 is 4.57 Å². The highest BCUT2D eigenvalue weighted by Crippen LogP contribution is 2.40. The van der Waals surface area contributed by atoms with Crippen LogP contribution in [0.3, 0.4) is 0 Å². The summed E-state index contributed by atoms with van der Waals surface area (Å²) in [6.45, 7) is 4.16. The molecule has 0 saturated carbocycles. The fraction of sp³-hybridized carbons (Fsp3) is 0.231. The molecule has 0 aliphatic heterocycles. The minimum atomic E-state index is -0.331. The molecule has 0 bridgehead atoms. The summed E-state index contributed by atoms with van der Waals surface area (Å²) in [6, 6.07) is 26.6. The number of nitrogens with zero attached hydrogens (tertiary/aromatic N) is 2. The lowest BCUT2D eigenvalue weighted by molar-refractivity contribution is -0.481. The third-order valence-electron chi connectivity index (χ3n) is 5.88. The van der Waals surface area contributed by atoms with E-state index in [1.165, 1.54) is 5.56 Å². The molecule has 4 aromatic rings. The molecule has 4 nitrogen and oxygen atoms in total. The van der Waals surface area contributed by atoms with E-state index >= 15 is 0 Å². The van der Waals surface area contributed by atoms with E-state index in [1.807, 2.05) is 37.4 Å². The summed E-state index contributed by atoms with van der Waals surface area (Å²) in [7, 11) is 2.04. The molecule has 4 heteroatoms. The average molecular weight is 399 g/mol. The fourth-order valence-corrected chi connectivity index (χ4v) is 4.35. The van der Waals surface area contributed by atoms with Gasteiger partial charge in [0, 0.05) is 22.9 Å². The zero-order valence-corrected chi connectivity index (χ0v) is 17.6. The Morgan fingerprint density at radius 2 is 1.47 bits per heavy atom. The number of nitro groups is 1. The Bertz CT molecular complexity index is 1180. The van der Waals surface area contributed by atoms with Crippen molar-refractivity contribution in [3.8, 4) is 11.3 Å². The van der Waals surface area contributed by atoms with E-state index in [1.54, 1.807) is 0 Å². The summed E-state index contributed by atoms with van der Waals surface area (Å²) < 4.78 is 2.16. The van der Waals surface area contributed by atoms with E-state index in [2.05, 4.69) is 66.9 Å². The van der Waals surface area contributed by atoms with E-state index in [0.29, 0.717) is 5.92 Å². The van der Waals surface area contributed by atoms with Gasteiger partial charge in [-0.05, 0) is 34.2 Å². The number of aromatic nitrogens is 1. The second-order valence-corrected chi connectivity index (χ2v) is 8.09. The predicted octanol–water partition coefficient (Wildman–Crippen LogP) is 6.38. The lowest BCUT2D eigenvalue weighted by Crippen LogP contribution is -2.15. The molecule has 4 rings (SSSR count). The molecule has 0 aliphatic carbocycles. The summed E-state index contributed by atoms with van der Waals surface area (Å²) in [5.74, 6) is 0.0907. The van der Waals surface area contributed by atoms with Crippen molar-refractivity contribution in [3.05, 3.63) is 106 Å². The van der Waals surface area contributed by atoms with Crippen molar-refractivity contribution >= 4 is 10.9 Å². The highest BCUT2D eigenvalue weighted by atomic mass is 16.6. The first-order chi connectivity index (χ1) is 14.5. The van der Waals surface area contributed by atoms with Crippen LogP contribution >= 0.6 is 0 Å². The summed E-state index contributed by atoms with van der Waals surface area (Å²) in [6.07, 6.45) is 0. The molecule has 0 aliphatic rings. The Labute approximate surface area is 176 Å². The molecule has 0 spiro atoms. The zero-order chi connectivity index (χ0) is 21.3. The van der Waals surface area contributed by atoms with Crippen LogP contribution in [0.1, 0.15) is 42.4 Å². The molecule has 0 fully saturated rings. The molecule has 1 atom stereocenters. The molecular formula is C26H26N2O2. The number of benzene rings is 3. The highest BCUT2D eigenvalue weighted by molar-refractivity contribution is 5.93. The minimum Gasteiger partial charge on any atom is -0.343 e. The van der Waals surface area contributed by atoms with Gasteiger partial charge in [-0.2, -0.15) is 0 Å². The first kappa shape index (κ1) is 19.9. The van der Waals surface area contributed by atoms with Crippen molar-refractivity contribution in [1.29, 1.82) is 0 Å². The predicted molar refractivity (Wildman–Crippen MR) is 123 cm³/mol. The van der Waals surface area contributed by atoms with Gasteiger partial charge in [-0.25, -0.2) is 0 Å². The maximum Gasteiger partial charge on any atom is 0.214 e. The van der Waals surface area contributed by atoms with Crippen LogP contribution in [0.5, 0.6) is 0 Å². The number of rotatable bonds is 6. The summed E-state index contributed by atoms with van der Waals surface area (Å²) in [5, 5.41) is 12.8. The highest BCUT2D eigenvalue weighted by Gasteiger charge is 2.28. The summed E-state index contributed by atoms with van der Waals surface area (Å²) in [5.41, 5.74) is 6.42. The monoisotopic (exact) mass is 398 g/mol. The molecule has 0 N–H and O–H groups in total. The topological polar surface area (TPSA) is 48.1 Å². The van der Waals surface area contributed by atoms with Crippen LogP contribution in [-0.4, -0.2) is 16.0 Å². The third-order valence-corrected chi connectivity index (χ3v) is 5.88. The summed E-state index contributed by atoms with van der Waals surface area (Å²) in [4.78, 5) is 11.5. The van der Waals surface area contributed by atoms with Gasteiger partial charge in [0.25, 0.3) is 0 Å². The van der Waals surface area contributed by atoms with Crippen molar-refractivity contribution in [2.24, 2.45) is 7.05 Å². The Kier molecular flexibility index (Phi) is 5.40. The molecule has 152 valence electrons. The maximum atomic E-state index is 11.7.